The number of carboxylic acid groups (broad SMARTS) is 2. The number of carbonyl (C=O) groups excluding carboxylic acids is 1. The Balaban J connectivity index is 1.40. The predicted octanol–water partition coefficient (Wildman–Crippen LogP) is 3.07. The number of aromatic amines is 1. The molecule has 11 heteroatoms. The van der Waals surface area contributed by atoms with Crippen LogP contribution < -0.4 is 5.32 Å². The Morgan fingerprint density at radius 3 is 2.41 bits per heavy atom. The number of tetrazole rings is 1. The molecule has 1 amide bonds. The van der Waals surface area contributed by atoms with Crippen LogP contribution in [0.1, 0.15) is 28.8 Å². The number of aliphatic carboxylic acids is 2. The SMILES string of the molecule is O=C(O)CCC(NC(=O)c1ccc(Cn2c3ccccc3c3cc(-c4nn[nH]n4)ccc32)cc1)C(=O)O. The zero-order valence-electron chi connectivity index (χ0n) is 19.5. The van der Waals surface area contributed by atoms with Crippen molar-refractivity contribution in [1.29, 1.82) is 0 Å². The van der Waals surface area contributed by atoms with Gasteiger partial charge in [-0.15, -0.1) is 10.2 Å². The van der Waals surface area contributed by atoms with Crippen molar-refractivity contribution in [2.75, 3.05) is 0 Å². The first-order valence-electron chi connectivity index (χ1n) is 11.5. The van der Waals surface area contributed by atoms with E-state index in [1.54, 1.807) is 12.1 Å². The molecule has 5 aromatic rings. The summed E-state index contributed by atoms with van der Waals surface area (Å²) in [6, 6.07) is 19.7. The van der Waals surface area contributed by atoms with Gasteiger partial charge in [-0.05, 0) is 53.6 Å². The van der Waals surface area contributed by atoms with E-state index < -0.39 is 23.9 Å². The normalized spacial score (nSPS) is 12.0. The molecule has 0 radical (unpaired) electrons. The van der Waals surface area contributed by atoms with Crippen LogP contribution in [0.15, 0.2) is 66.7 Å². The third-order valence-electron chi connectivity index (χ3n) is 6.18. The molecule has 1 unspecified atom stereocenters. The molecule has 4 N–H and O–H groups in total. The number of nitrogens with zero attached hydrogens (tertiary/aromatic N) is 4. The Kier molecular flexibility index (Phi) is 6.33. The first-order chi connectivity index (χ1) is 17.9. The van der Waals surface area contributed by atoms with E-state index in [1.165, 1.54) is 0 Å². The number of benzene rings is 3. The summed E-state index contributed by atoms with van der Waals surface area (Å²) < 4.78 is 2.19. The van der Waals surface area contributed by atoms with Gasteiger partial charge in [0.15, 0.2) is 0 Å². The van der Waals surface area contributed by atoms with Crippen molar-refractivity contribution in [3.63, 3.8) is 0 Å². The molecule has 0 aliphatic carbocycles. The van der Waals surface area contributed by atoms with Crippen LogP contribution in [0.2, 0.25) is 0 Å². The highest BCUT2D eigenvalue weighted by atomic mass is 16.4. The number of carboxylic acids is 2. The topological polar surface area (TPSA) is 163 Å². The molecule has 3 aromatic carbocycles. The van der Waals surface area contributed by atoms with Crippen molar-refractivity contribution >= 4 is 39.7 Å². The molecular formula is C26H22N6O5. The van der Waals surface area contributed by atoms with E-state index in [-0.39, 0.29) is 18.4 Å². The van der Waals surface area contributed by atoms with Gasteiger partial charge in [0.1, 0.15) is 6.04 Å². The lowest BCUT2D eigenvalue weighted by molar-refractivity contribution is -0.140. The Morgan fingerprint density at radius 2 is 1.70 bits per heavy atom. The summed E-state index contributed by atoms with van der Waals surface area (Å²) in [4.78, 5) is 34.7. The van der Waals surface area contributed by atoms with Crippen molar-refractivity contribution in [2.24, 2.45) is 0 Å². The second kappa shape index (κ2) is 9.90. The highest BCUT2D eigenvalue weighted by Gasteiger charge is 2.21. The molecule has 0 saturated carbocycles. The fraction of sp³-hybridized carbons (Fsp3) is 0.154. The van der Waals surface area contributed by atoms with Gasteiger partial charge >= 0.3 is 11.9 Å². The molecule has 5 rings (SSSR count). The van der Waals surface area contributed by atoms with Crippen molar-refractivity contribution in [3.8, 4) is 11.4 Å². The van der Waals surface area contributed by atoms with E-state index >= 15 is 0 Å². The molecule has 37 heavy (non-hydrogen) atoms. The Morgan fingerprint density at radius 1 is 0.946 bits per heavy atom. The minimum absolute atomic E-state index is 0.198. The lowest BCUT2D eigenvalue weighted by atomic mass is 10.1. The zero-order valence-corrected chi connectivity index (χ0v) is 19.5. The van der Waals surface area contributed by atoms with Crippen molar-refractivity contribution in [1.82, 2.24) is 30.5 Å². The molecule has 0 fully saturated rings. The number of carbonyl (C=O) groups is 3. The molecule has 0 spiro atoms. The average Bonchev–Trinajstić information content (AvgIpc) is 3.54. The second-order valence-electron chi connectivity index (χ2n) is 8.56. The molecule has 11 nitrogen and oxygen atoms in total. The summed E-state index contributed by atoms with van der Waals surface area (Å²) in [6.45, 7) is 0.545. The van der Waals surface area contributed by atoms with E-state index in [9.17, 15) is 19.5 Å². The summed E-state index contributed by atoms with van der Waals surface area (Å²) in [5.74, 6) is -2.46. The minimum atomic E-state index is -1.28. The highest BCUT2D eigenvalue weighted by Crippen LogP contribution is 2.32. The molecule has 2 heterocycles. The van der Waals surface area contributed by atoms with Crippen LogP contribution in [0, 0.1) is 0 Å². The fourth-order valence-electron chi connectivity index (χ4n) is 4.36. The van der Waals surface area contributed by atoms with Crippen LogP contribution in [0.25, 0.3) is 33.2 Å². The molecule has 0 aliphatic heterocycles. The fourth-order valence-corrected chi connectivity index (χ4v) is 4.36. The number of H-pyrrole nitrogens is 1. The highest BCUT2D eigenvalue weighted by molar-refractivity contribution is 6.09. The van der Waals surface area contributed by atoms with E-state index in [2.05, 4.69) is 36.6 Å². The number of hydrogen-bond acceptors (Lipinski definition) is 6. The van der Waals surface area contributed by atoms with Crippen molar-refractivity contribution in [3.05, 3.63) is 77.9 Å². The number of rotatable bonds is 9. The van der Waals surface area contributed by atoms with Gasteiger partial charge in [0.05, 0.1) is 0 Å². The van der Waals surface area contributed by atoms with Gasteiger partial charge in [0.2, 0.25) is 5.82 Å². The number of fused-ring (bicyclic) bond motifs is 3. The van der Waals surface area contributed by atoms with Crippen LogP contribution >= 0.6 is 0 Å². The van der Waals surface area contributed by atoms with Gasteiger partial charge in [-0.25, -0.2) is 4.79 Å². The quantitative estimate of drug-likeness (QED) is 0.241. The van der Waals surface area contributed by atoms with E-state index in [4.69, 9.17) is 5.11 Å². The molecule has 1 atom stereocenters. The molecular weight excluding hydrogens is 476 g/mol. The standard InChI is InChI=1S/C26H22N6O5/c33-23(34)12-10-20(26(36)37)27-25(35)16-7-5-15(6-8-16)14-32-21-4-2-1-3-18(21)19-13-17(9-11-22(19)32)24-28-30-31-29-24/h1-9,11,13,20H,10,12,14H2,(H,27,35)(H,33,34)(H,36,37)(H,28,29,30,31). The smallest absolute Gasteiger partial charge is 0.326 e. The van der Waals surface area contributed by atoms with Crippen LogP contribution in [-0.4, -0.2) is 59.3 Å². The Bertz CT molecular complexity index is 1610. The van der Waals surface area contributed by atoms with Crippen molar-refractivity contribution in [2.45, 2.75) is 25.4 Å². The Labute approximate surface area is 209 Å². The molecule has 0 aliphatic rings. The second-order valence-corrected chi connectivity index (χ2v) is 8.56. The van der Waals surface area contributed by atoms with Gasteiger partial charge in [-0.3, -0.25) is 9.59 Å². The summed E-state index contributed by atoms with van der Waals surface area (Å²) >= 11 is 0. The number of aromatic nitrogens is 5. The van der Waals surface area contributed by atoms with Gasteiger partial charge in [0, 0.05) is 45.9 Å². The molecule has 0 saturated heterocycles. The Hall–Kier alpha value is -5.06. The third-order valence-corrected chi connectivity index (χ3v) is 6.18. The summed E-state index contributed by atoms with van der Waals surface area (Å²) in [5, 5.41) is 36.9. The monoisotopic (exact) mass is 498 g/mol. The maximum Gasteiger partial charge on any atom is 0.326 e. The number of para-hydroxylation sites is 1. The van der Waals surface area contributed by atoms with Crippen LogP contribution in [-0.2, 0) is 16.1 Å². The van der Waals surface area contributed by atoms with E-state index in [1.807, 2.05) is 48.5 Å². The average molecular weight is 498 g/mol. The zero-order chi connectivity index (χ0) is 25.9. The molecule has 2 aromatic heterocycles. The van der Waals surface area contributed by atoms with Gasteiger partial charge < -0.3 is 20.1 Å². The van der Waals surface area contributed by atoms with Gasteiger partial charge in [-0.1, -0.05) is 30.3 Å². The number of hydrogen-bond donors (Lipinski definition) is 4. The van der Waals surface area contributed by atoms with Crippen LogP contribution in [0.3, 0.4) is 0 Å². The summed E-state index contributed by atoms with van der Waals surface area (Å²) in [6.07, 6.45) is -0.553. The van der Waals surface area contributed by atoms with Gasteiger partial charge in [0.25, 0.3) is 5.91 Å². The third kappa shape index (κ3) is 4.87. The number of amides is 1. The van der Waals surface area contributed by atoms with Crippen molar-refractivity contribution < 1.29 is 24.6 Å². The lowest BCUT2D eigenvalue weighted by Crippen LogP contribution is -2.41. The van der Waals surface area contributed by atoms with Crippen LogP contribution in [0.5, 0.6) is 0 Å². The summed E-state index contributed by atoms with van der Waals surface area (Å²) in [7, 11) is 0. The van der Waals surface area contributed by atoms with E-state index in [0.29, 0.717) is 12.4 Å². The first-order valence-corrected chi connectivity index (χ1v) is 11.5. The lowest BCUT2D eigenvalue weighted by Gasteiger charge is -2.14. The summed E-state index contributed by atoms with van der Waals surface area (Å²) in [5.41, 5.74) is 4.16. The van der Waals surface area contributed by atoms with E-state index in [0.717, 1.165) is 32.9 Å². The predicted molar refractivity (Wildman–Crippen MR) is 134 cm³/mol. The van der Waals surface area contributed by atoms with Crippen LogP contribution in [0.4, 0.5) is 0 Å². The van der Waals surface area contributed by atoms with Gasteiger partial charge in [-0.2, -0.15) is 5.21 Å². The maximum atomic E-state index is 12.6. The molecule has 0 bridgehead atoms. The maximum absolute atomic E-state index is 12.6. The molecule has 186 valence electrons. The number of nitrogens with one attached hydrogen (secondary N) is 2. The largest absolute Gasteiger partial charge is 0.481 e. The first kappa shape index (κ1) is 23.7. The minimum Gasteiger partial charge on any atom is -0.481 e.